The van der Waals surface area contributed by atoms with Gasteiger partial charge < -0.3 is 10.2 Å². The molecule has 2 atom stereocenters. The molecule has 0 aromatic heterocycles. The van der Waals surface area contributed by atoms with E-state index in [2.05, 4.69) is 5.32 Å². The number of carbonyl (C=O) groups is 3. The molecule has 3 aromatic rings. The minimum atomic E-state index is -1.33. The van der Waals surface area contributed by atoms with Gasteiger partial charge in [-0.15, -0.1) is 23.2 Å². The van der Waals surface area contributed by atoms with Crippen molar-refractivity contribution < 1.29 is 14.4 Å². The molecule has 1 N–H and O–H groups in total. The second kappa shape index (κ2) is 9.79. The number of nitrogens with zero attached hydrogens (tertiary/aromatic N) is 1. The van der Waals surface area contributed by atoms with E-state index < -0.39 is 22.1 Å². The molecule has 2 amide bonds. The van der Waals surface area contributed by atoms with E-state index in [1.807, 2.05) is 6.07 Å². The summed E-state index contributed by atoms with van der Waals surface area (Å²) in [6.07, 6.45) is 0.0923. The zero-order chi connectivity index (χ0) is 26.6. The minimum absolute atomic E-state index is 0.0337. The van der Waals surface area contributed by atoms with Gasteiger partial charge in [-0.1, -0.05) is 46.9 Å². The predicted molar refractivity (Wildman–Crippen MR) is 147 cm³/mol. The maximum Gasteiger partial charge on any atom is 0.254 e. The van der Waals surface area contributed by atoms with E-state index in [0.29, 0.717) is 33.4 Å². The first-order chi connectivity index (χ1) is 17.5. The third-order valence-corrected chi connectivity index (χ3v) is 8.34. The summed E-state index contributed by atoms with van der Waals surface area (Å²) in [5.41, 5.74) is 3.62. The fraction of sp³-hybridized carbons (Fsp3) is 0.222. The Hall–Kier alpha value is -2.28. The lowest BCUT2D eigenvalue weighted by molar-refractivity contribution is -0.117. The molecule has 2 unspecified atom stereocenters. The van der Waals surface area contributed by atoms with Crippen molar-refractivity contribution in [2.24, 2.45) is 5.92 Å². The van der Waals surface area contributed by atoms with E-state index in [4.69, 9.17) is 58.0 Å². The summed E-state index contributed by atoms with van der Waals surface area (Å²) in [6, 6.07) is 15.0. The molecule has 1 heterocycles. The first-order valence-corrected chi connectivity index (χ1v) is 13.2. The van der Waals surface area contributed by atoms with E-state index in [1.54, 1.807) is 54.4 Å². The predicted octanol–water partition coefficient (Wildman–Crippen LogP) is 7.18. The lowest BCUT2D eigenvalue weighted by atomic mass is 9.99. The molecular weight excluding hydrogens is 578 g/mol. The van der Waals surface area contributed by atoms with Crippen molar-refractivity contribution in [3.8, 4) is 0 Å². The van der Waals surface area contributed by atoms with Crippen molar-refractivity contribution >= 4 is 81.3 Å². The molecule has 5 nitrogen and oxygen atoms in total. The number of alkyl halides is 2. The van der Waals surface area contributed by atoms with E-state index in [1.165, 1.54) is 6.07 Å². The van der Waals surface area contributed by atoms with Crippen LogP contribution in [0, 0.1) is 5.92 Å². The quantitative estimate of drug-likeness (QED) is 0.242. The van der Waals surface area contributed by atoms with Crippen molar-refractivity contribution in [3.05, 3.63) is 97.5 Å². The van der Waals surface area contributed by atoms with Crippen LogP contribution >= 0.6 is 58.0 Å². The van der Waals surface area contributed by atoms with Gasteiger partial charge in [-0.25, -0.2) is 0 Å². The first kappa shape index (κ1) is 26.3. The van der Waals surface area contributed by atoms with Crippen LogP contribution in [-0.4, -0.2) is 33.9 Å². The van der Waals surface area contributed by atoms with Gasteiger partial charge >= 0.3 is 0 Å². The van der Waals surface area contributed by atoms with Crippen molar-refractivity contribution in [2.75, 3.05) is 12.4 Å². The Kier molecular flexibility index (Phi) is 6.97. The Morgan fingerprint density at radius 2 is 1.70 bits per heavy atom. The number of fused-ring (bicyclic) bond motifs is 1. The number of nitrogens with one attached hydrogen (secondary N) is 1. The fourth-order valence-corrected chi connectivity index (χ4v) is 6.36. The molecule has 0 saturated heterocycles. The van der Waals surface area contributed by atoms with Gasteiger partial charge in [0.1, 0.15) is 4.33 Å². The number of ketones is 1. The molecule has 1 saturated carbocycles. The highest BCUT2D eigenvalue weighted by Crippen LogP contribution is 2.65. The summed E-state index contributed by atoms with van der Waals surface area (Å²) in [7, 11) is 1.74. The highest BCUT2D eigenvalue weighted by molar-refractivity contribution is 6.53. The van der Waals surface area contributed by atoms with Gasteiger partial charge in [0, 0.05) is 52.8 Å². The van der Waals surface area contributed by atoms with E-state index in [-0.39, 0.29) is 28.7 Å². The normalized spacial score (nSPS) is 19.5. The number of hydrogen-bond acceptors (Lipinski definition) is 3. The smallest absolute Gasteiger partial charge is 0.254 e. The van der Waals surface area contributed by atoms with Gasteiger partial charge in [0.15, 0.2) is 5.78 Å². The minimum Gasteiger partial charge on any atom is -0.337 e. The van der Waals surface area contributed by atoms with Crippen molar-refractivity contribution in [3.63, 3.8) is 0 Å². The SMILES string of the molecule is CN1Cc2cc(CC(=O)c3cc(NC(=O)C4C(c5cc(Cl)cc(Cl)c5)C4(Cl)Cl)ccc3Cl)ccc2C1=O. The largest absolute Gasteiger partial charge is 0.337 e. The van der Waals surface area contributed by atoms with Crippen LogP contribution < -0.4 is 5.32 Å². The Balaban J connectivity index is 1.31. The average Bonchev–Trinajstić information content (AvgIpc) is 3.29. The third-order valence-electron chi connectivity index (χ3n) is 6.63. The van der Waals surface area contributed by atoms with E-state index in [0.717, 1.165) is 11.1 Å². The van der Waals surface area contributed by atoms with Gasteiger partial charge in [0.25, 0.3) is 5.91 Å². The van der Waals surface area contributed by atoms with Gasteiger partial charge in [-0.2, -0.15) is 0 Å². The zero-order valence-corrected chi connectivity index (χ0v) is 23.1. The molecular formula is C27H19Cl5N2O3. The highest BCUT2D eigenvalue weighted by atomic mass is 35.5. The number of Topliss-reactive ketones (excluding diaryl/α,β-unsaturated/α-hetero) is 1. The maximum absolute atomic E-state index is 13.1. The number of hydrogen-bond donors (Lipinski definition) is 1. The maximum atomic E-state index is 13.1. The molecule has 37 heavy (non-hydrogen) atoms. The second-order valence-corrected chi connectivity index (χ2v) is 12.0. The Morgan fingerprint density at radius 3 is 2.41 bits per heavy atom. The molecule has 0 bridgehead atoms. The molecule has 190 valence electrons. The van der Waals surface area contributed by atoms with E-state index in [9.17, 15) is 14.4 Å². The van der Waals surface area contributed by atoms with Crippen LogP contribution in [0.2, 0.25) is 15.1 Å². The van der Waals surface area contributed by atoms with Crippen LogP contribution in [0.5, 0.6) is 0 Å². The van der Waals surface area contributed by atoms with Gasteiger partial charge in [0.2, 0.25) is 5.91 Å². The summed E-state index contributed by atoms with van der Waals surface area (Å²) in [6.45, 7) is 0.505. The first-order valence-electron chi connectivity index (χ1n) is 11.3. The topological polar surface area (TPSA) is 66.5 Å². The lowest BCUT2D eigenvalue weighted by Crippen LogP contribution is -2.17. The summed E-state index contributed by atoms with van der Waals surface area (Å²) in [4.78, 5) is 39.9. The molecule has 1 aliphatic carbocycles. The van der Waals surface area contributed by atoms with E-state index >= 15 is 0 Å². The molecule has 5 rings (SSSR count). The number of halogens is 5. The summed E-state index contributed by atoms with van der Waals surface area (Å²) < 4.78 is -1.33. The number of amides is 2. The van der Waals surface area contributed by atoms with Crippen molar-refractivity contribution in [1.29, 1.82) is 0 Å². The van der Waals surface area contributed by atoms with Gasteiger partial charge in [-0.05, 0) is 59.2 Å². The van der Waals surface area contributed by atoms with Crippen LogP contribution in [0.1, 0.15) is 43.3 Å². The Labute approximate surface area is 238 Å². The molecule has 0 radical (unpaired) electrons. The van der Waals surface area contributed by atoms with Crippen LogP contribution in [0.15, 0.2) is 54.6 Å². The number of benzene rings is 3. The summed E-state index contributed by atoms with van der Waals surface area (Å²) >= 11 is 31.4. The Morgan fingerprint density at radius 1 is 1.00 bits per heavy atom. The number of carbonyl (C=O) groups excluding carboxylic acids is 3. The fourth-order valence-electron chi connectivity index (χ4n) is 4.77. The molecule has 3 aromatic carbocycles. The lowest BCUT2D eigenvalue weighted by Gasteiger charge is -2.10. The monoisotopic (exact) mass is 594 g/mol. The van der Waals surface area contributed by atoms with Crippen LogP contribution in [0.3, 0.4) is 0 Å². The van der Waals surface area contributed by atoms with Crippen molar-refractivity contribution in [1.82, 2.24) is 4.90 Å². The summed E-state index contributed by atoms with van der Waals surface area (Å²) in [5, 5.41) is 3.89. The van der Waals surface area contributed by atoms with Crippen LogP contribution in [0.25, 0.3) is 0 Å². The zero-order valence-electron chi connectivity index (χ0n) is 19.3. The van der Waals surface area contributed by atoms with Crippen LogP contribution in [0.4, 0.5) is 5.69 Å². The molecule has 2 aliphatic rings. The van der Waals surface area contributed by atoms with Gasteiger partial charge in [0.05, 0.1) is 10.9 Å². The number of rotatable bonds is 6. The molecule has 10 heteroatoms. The Bertz CT molecular complexity index is 1450. The highest BCUT2D eigenvalue weighted by Gasteiger charge is 2.67. The average molecular weight is 597 g/mol. The third kappa shape index (κ3) is 5.08. The second-order valence-electron chi connectivity index (χ2n) is 9.27. The molecule has 0 spiro atoms. The molecule has 1 fully saturated rings. The summed E-state index contributed by atoms with van der Waals surface area (Å²) in [5.74, 6) is -1.90. The standard InChI is InChI=1S/C27H19Cl5N2O3/c1-34-12-15-6-13(2-4-19(15)26(34)37)7-22(35)20-11-18(3-5-21(20)30)33-25(36)24-23(27(24,31)32)14-8-16(28)10-17(29)9-14/h2-6,8-11,23-24H,7,12H2,1H3,(H,33,36). The number of anilines is 1. The molecule has 1 aliphatic heterocycles. The van der Waals surface area contributed by atoms with Gasteiger partial charge in [-0.3, -0.25) is 14.4 Å². The van der Waals surface area contributed by atoms with Crippen molar-refractivity contribution in [2.45, 2.75) is 23.2 Å². The van der Waals surface area contributed by atoms with Crippen LogP contribution in [-0.2, 0) is 17.8 Å².